The molecular weight excluding hydrogens is 495 g/mol. The van der Waals surface area contributed by atoms with Gasteiger partial charge in [0.2, 0.25) is 0 Å². The van der Waals surface area contributed by atoms with Crippen molar-refractivity contribution in [3.05, 3.63) is 29.8 Å². The lowest BCUT2D eigenvalue weighted by atomic mass is 10.2. The molecule has 1 amide bonds. The Hall–Kier alpha value is -1.55. The number of piperazine rings is 1. The summed E-state index contributed by atoms with van der Waals surface area (Å²) in [5.74, 6) is 1.99. The third-order valence-electron chi connectivity index (χ3n) is 5.45. The molecule has 8 heteroatoms. The van der Waals surface area contributed by atoms with Gasteiger partial charge in [-0.15, -0.1) is 24.0 Å². The summed E-state index contributed by atoms with van der Waals surface area (Å²) in [4.78, 5) is 21.0. The summed E-state index contributed by atoms with van der Waals surface area (Å²) in [6, 6.07) is 8.15. The lowest BCUT2D eigenvalue weighted by molar-refractivity contribution is -0.142. The Kier molecular flexibility index (Phi) is 10.7. The monoisotopic (exact) mass is 530 g/mol. The van der Waals surface area contributed by atoms with Crippen LogP contribution in [0.15, 0.2) is 29.3 Å². The Bertz CT molecular complexity index is 669. The zero-order chi connectivity index (χ0) is 20.5. The Balaban J connectivity index is 0.00000320. The molecule has 1 N–H and O–H groups in total. The van der Waals surface area contributed by atoms with Gasteiger partial charge in [-0.05, 0) is 44.7 Å². The predicted molar refractivity (Wildman–Crippen MR) is 130 cm³/mol. The SMILES string of the molecule is CN=C(NCCCCOc1ccc(C)cc1)N1CCN(C(=O)C2CCCO2)CC1.I. The second-order valence-corrected chi connectivity index (χ2v) is 7.66. The maximum atomic E-state index is 12.5. The normalized spacial score (nSPS) is 19.4. The van der Waals surface area contributed by atoms with Crippen LogP contribution in [0.1, 0.15) is 31.2 Å². The van der Waals surface area contributed by atoms with Gasteiger partial charge in [-0.2, -0.15) is 0 Å². The number of guanidine groups is 1. The molecule has 2 saturated heterocycles. The van der Waals surface area contributed by atoms with Crippen LogP contribution < -0.4 is 10.1 Å². The fourth-order valence-electron chi connectivity index (χ4n) is 3.70. The van der Waals surface area contributed by atoms with Crippen LogP contribution in [0.3, 0.4) is 0 Å². The summed E-state index contributed by atoms with van der Waals surface area (Å²) in [6.45, 7) is 7.41. The number of carbonyl (C=O) groups excluding carboxylic acids is 1. The summed E-state index contributed by atoms with van der Waals surface area (Å²) in [6.07, 6.45) is 3.63. The Morgan fingerprint density at radius 2 is 1.87 bits per heavy atom. The Morgan fingerprint density at radius 3 is 2.50 bits per heavy atom. The van der Waals surface area contributed by atoms with Gasteiger partial charge in [0, 0.05) is 46.4 Å². The van der Waals surface area contributed by atoms with Crippen LogP contribution in [0, 0.1) is 6.92 Å². The first-order chi connectivity index (χ1) is 14.2. The van der Waals surface area contributed by atoms with Gasteiger partial charge in [0.25, 0.3) is 5.91 Å². The summed E-state index contributed by atoms with van der Waals surface area (Å²) in [5.41, 5.74) is 1.24. The Morgan fingerprint density at radius 1 is 1.17 bits per heavy atom. The van der Waals surface area contributed by atoms with Crippen LogP contribution in [0.4, 0.5) is 0 Å². The molecule has 2 fully saturated rings. The number of benzene rings is 1. The summed E-state index contributed by atoms with van der Waals surface area (Å²) in [5, 5.41) is 3.44. The smallest absolute Gasteiger partial charge is 0.251 e. The average Bonchev–Trinajstić information content (AvgIpc) is 3.29. The van der Waals surface area contributed by atoms with Crippen molar-refractivity contribution in [1.29, 1.82) is 0 Å². The van der Waals surface area contributed by atoms with Crippen molar-refractivity contribution in [2.24, 2.45) is 4.99 Å². The zero-order valence-corrected chi connectivity index (χ0v) is 20.5. The van der Waals surface area contributed by atoms with E-state index in [9.17, 15) is 4.79 Å². The van der Waals surface area contributed by atoms with E-state index in [-0.39, 0.29) is 36.0 Å². The number of unbranched alkanes of at least 4 members (excludes halogenated alkanes) is 1. The number of nitrogens with one attached hydrogen (secondary N) is 1. The van der Waals surface area contributed by atoms with Crippen LogP contribution in [-0.2, 0) is 9.53 Å². The maximum absolute atomic E-state index is 12.5. The molecule has 2 aliphatic heterocycles. The lowest BCUT2D eigenvalue weighted by Crippen LogP contribution is -2.55. The van der Waals surface area contributed by atoms with Crippen LogP contribution in [-0.4, -0.2) is 80.8 Å². The van der Waals surface area contributed by atoms with Crippen molar-refractivity contribution >= 4 is 35.8 Å². The van der Waals surface area contributed by atoms with E-state index in [0.29, 0.717) is 13.2 Å². The van der Waals surface area contributed by atoms with E-state index in [1.807, 2.05) is 24.1 Å². The molecule has 30 heavy (non-hydrogen) atoms. The highest BCUT2D eigenvalue weighted by molar-refractivity contribution is 14.0. The molecule has 0 aliphatic carbocycles. The standard InChI is InChI=1S/C22H34N4O3.HI/c1-18-7-9-19(10-8-18)28-16-4-3-11-24-22(23-2)26-14-12-25(13-15-26)21(27)20-6-5-17-29-20;/h7-10,20H,3-6,11-17H2,1-2H3,(H,23,24);1H. The van der Waals surface area contributed by atoms with Crippen molar-refractivity contribution < 1.29 is 14.3 Å². The van der Waals surface area contributed by atoms with E-state index in [1.165, 1.54) is 5.56 Å². The molecule has 2 aliphatic rings. The maximum Gasteiger partial charge on any atom is 0.251 e. The first-order valence-corrected chi connectivity index (χ1v) is 10.7. The highest BCUT2D eigenvalue weighted by Crippen LogP contribution is 2.16. The number of halogens is 1. The topological polar surface area (TPSA) is 66.4 Å². The van der Waals surface area contributed by atoms with Gasteiger partial charge < -0.3 is 24.6 Å². The van der Waals surface area contributed by atoms with Gasteiger partial charge in [-0.25, -0.2) is 0 Å². The third-order valence-corrected chi connectivity index (χ3v) is 5.45. The predicted octanol–water partition coefficient (Wildman–Crippen LogP) is 2.67. The highest BCUT2D eigenvalue weighted by atomic mass is 127. The number of ether oxygens (including phenoxy) is 2. The molecule has 168 valence electrons. The van der Waals surface area contributed by atoms with E-state index in [1.54, 1.807) is 0 Å². The molecule has 7 nitrogen and oxygen atoms in total. The van der Waals surface area contributed by atoms with E-state index in [2.05, 4.69) is 34.3 Å². The lowest BCUT2D eigenvalue weighted by Gasteiger charge is -2.37. The van der Waals surface area contributed by atoms with Gasteiger partial charge in [-0.1, -0.05) is 17.7 Å². The van der Waals surface area contributed by atoms with Crippen LogP contribution in [0.2, 0.25) is 0 Å². The molecule has 0 spiro atoms. The van der Waals surface area contributed by atoms with Crippen molar-refractivity contribution in [1.82, 2.24) is 15.1 Å². The minimum absolute atomic E-state index is 0. The second-order valence-electron chi connectivity index (χ2n) is 7.66. The molecule has 1 atom stereocenters. The van der Waals surface area contributed by atoms with Gasteiger partial charge >= 0.3 is 0 Å². The Labute approximate surface area is 197 Å². The highest BCUT2D eigenvalue weighted by Gasteiger charge is 2.30. The number of aryl methyl sites for hydroxylation is 1. The average molecular weight is 530 g/mol. The van der Waals surface area contributed by atoms with Gasteiger partial charge in [0.05, 0.1) is 6.61 Å². The number of rotatable bonds is 7. The van der Waals surface area contributed by atoms with Crippen LogP contribution >= 0.6 is 24.0 Å². The molecule has 0 saturated carbocycles. The molecule has 1 aromatic carbocycles. The number of hydrogen-bond acceptors (Lipinski definition) is 4. The van der Waals surface area contributed by atoms with Crippen molar-refractivity contribution in [3.63, 3.8) is 0 Å². The van der Waals surface area contributed by atoms with E-state index >= 15 is 0 Å². The summed E-state index contributed by atoms with van der Waals surface area (Å²) >= 11 is 0. The van der Waals surface area contributed by atoms with Gasteiger partial charge in [0.1, 0.15) is 11.9 Å². The molecule has 3 rings (SSSR count). The number of hydrogen-bond donors (Lipinski definition) is 1. The molecular formula is C22H35IN4O3. The number of aliphatic imine (C=N–C) groups is 1. The summed E-state index contributed by atoms with van der Waals surface area (Å²) < 4.78 is 11.3. The van der Waals surface area contributed by atoms with Crippen molar-refractivity contribution in [2.75, 3.05) is 53.0 Å². The van der Waals surface area contributed by atoms with Gasteiger partial charge in [0.15, 0.2) is 5.96 Å². The number of amides is 1. The fourth-order valence-corrected chi connectivity index (χ4v) is 3.70. The quantitative estimate of drug-likeness (QED) is 0.254. The number of nitrogens with zero attached hydrogens (tertiary/aromatic N) is 3. The van der Waals surface area contributed by atoms with Crippen molar-refractivity contribution in [3.8, 4) is 5.75 Å². The van der Waals surface area contributed by atoms with Crippen molar-refractivity contribution in [2.45, 2.75) is 38.7 Å². The van der Waals surface area contributed by atoms with Crippen LogP contribution in [0.5, 0.6) is 5.75 Å². The van der Waals surface area contributed by atoms with E-state index in [4.69, 9.17) is 9.47 Å². The third kappa shape index (κ3) is 7.30. The second kappa shape index (κ2) is 13.0. The minimum Gasteiger partial charge on any atom is -0.494 e. The van der Waals surface area contributed by atoms with Gasteiger partial charge in [-0.3, -0.25) is 9.79 Å². The minimum atomic E-state index is -0.221. The largest absolute Gasteiger partial charge is 0.494 e. The zero-order valence-electron chi connectivity index (χ0n) is 18.1. The summed E-state index contributed by atoms with van der Waals surface area (Å²) in [7, 11) is 1.81. The first kappa shape index (κ1) is 24.7. The van der Waals surface area contributed by atoms with E-state index in [0.717, 1.165) is 70.1 Å². The van der Waals surface area contributed by atoms with Crippen LogP contribution in [0.25, 0.3) is 0 Å². The molecule has 1 aromatic rings. The van der Waals surface area contributed by atoms with E-state index < -0.39 is 0 Å². The first-order valence-electron chi connectivity index (χ1n) is 10.7. The number of carbonyl (C=O) groups is 1. The molecule has 0 bridgehead atoms. The molecule has 1 unspecified atom stereocenters. The molecule has 0 radical (unpaired) electrons. The molecule has 0 aromatic heterocycles. The molecule has 2 heterocycles. The fraction of sp³-hybridized carbons (Fsp3) is 0.636.